The molecule has 2 amide bonds. The van der Waals surface area contributed by atoms with Gasteiger partial charge in [-0.3, -0.25) is 24.8 Å². The fourth-order valence-electron chi connectivity index (χ4n) is 2.84. The molecular weight excluding hydrogens is 386 g/mol. The summed E-state index contributed by atoms with van der Waals surface area (Å²) in [6, 6.07) is 15.7. The van der Waals surface area contributed by atoms with Crippen LogP contribution < -0.4 is 10.6 Å². The van der Waals surface area contributed by atoms with Crippen LogP contribution in [-0.4, -0.2) is 33.0 Å². The summed E-state index contributed by atoms with van der Waals surface area (Å²) in [5.74, 6) is -1.07. The highest BCUT2D eigenvalue weighted by molar-refractivity contribution is 6.01. The Morgan fingerprint density at radius 1 is 1.07 bits per heavy atom. The number of rotatable bonds is 7. The number of aromatic nitrogens is 2. The first kappa shape index (κ1) is 20.7. The van der Waals surface area contributed by atoms with Gasteiger partial charge in [0.15, 0.2) is 0 Å². The van der Waals surface area contributed by atoms with Crippen LogP contribution in [-0.2, 0) is 4.79 Å². The second kappa shape index (κ2) is 8.99. The van der Waals surface area contributed by atoms with Gasteiger partial charge >= 0.3 is 0 Å². The lowest BCUT2D eigenvalue weighted by Gasteiger charge is -2.21. The number of nitrogens with zero attached hydrogens (tertiary/aromatic N) is 2. The molecule has 3 rings (SSSR count). The smallest absolute Gasteiger partial charge is 0.269 e. The molecule has 0 aliphatic rings. The van der Waals surface area contributed by atoms with Gasteiger partial charge in [0.1, 0.15) is 11.7 Å². The first-order valence-corrected chi connectivity index (χ1v) is 9.32. The van der Waals surface area contributed by atoms with Gasteiger partial charge in [-0.25, -0.2) is 0 Å². The van der Waals surface area contributed by atoms with Gasteiger partial charge in [-0.2, -0.15) is 5.10 Å². The molecule has 9 nitrogen and oxygen atoms in total. The largest absolute Gasteiger partial charge is 0.339 e. The van der Waals surface area contributed by atoms with E-state index < -0.39 is 22.8 Å². The first-order valence-electron chi connectivity index (χ1n) is 9.32. The van der Waals surface area contributed by atoms with Gasteiger partial charge in [0.25, 0.3) is 11.6 Å². The number of carbonyl (C=O) groups excluding carboxylic acids is 2. The van der Waals surface area contributed by atoms with Crippen LogP contribution >= 0.6 is 0 Å². The molecule has 0 unspecified atom stereocenters. The van der Waals surface area contributed by atoms with Crippen molar-refractivity contribution in [3.05, 3.63) is 76.5 Å². The van der Waals surface area contributed by atoms with Crippen molar-refractivity contribution in [3.63, 3.8) is 0 Å². The van der Waals surface area contributed by atoms with Crippen molar-refractivity contribution < 1.29 is 14.5 Å². The Kier molecular flexibility index (Phi) is 6.21. The molecule has 1 atom stereocenters. The van der Waals surface area contributed by atoms with Gasteiger partial charge in [-0.1, -0.05) is 44.2 Å². The topological polar surface area (TPSA) is 130 Å². The Morgan fingerprint density at radius 2 is 1.73 bits per heavy atom. The van der Waals surface area contributed by atoms with Gasteiger partial charge in [0.2, 0.25) is 5.91 Å². The van der Waals surface area contributed by atoms with Crippen molar-refractivity contribution in [2.75, 3.05) is 5.32 Å². The summed E-state index contributed by atoms with van der Waals surface area (Å²) >= 11 is 0. The zero-order valence-corrected chi connectivity index (χ0v) is 16.5. The number of amides is 2. The summed E-state index contributed by atoms with van der Waals surface area (Å²) in [5.41, 5.74) is 2.05. The lowest BCUT2D eigenvalue weighted by atomic mass is 10.0. The van der Waals surface area contributed by atoms with Crippen molar-refractivity contribution in [1.82, 2.24) is 15.5 Å². The van der Waals surface area contributed by atoms with Crippen molar-refractivity contribution in [1.29, 1.82) is 0 Å². The van der Waals surface area contributed by atoms with E-state index in [1.165, 1.54) is 24.3 Å². The molecule has 2 aromatic carbocycles. The summed E-state index contributed by atoms with van der Waals surface area (Å²) in [6.07, 6.45) is 0. The van der Waals surface area contributed by atoms with Crippen molar-refractivity contribution >= 4 is 23.2 Å². The number of non-ortho nitro benzene ring substituents is 1. The molecule has 9 heteroatoms. The Bertz CT molecular complexity index is 1040. The van der Waals surface area contributed by atoms with Crippen LogP contribution in [0.3, 0.4) is 0 Å². The third-order valence-corrected chi connectivity index (χ3v) is 4.47. The maximum absolute atomic E-state index is 12.7. The fraction of sp³-hybridized carbons (Fsp3) is 0.190. The number of anilines is 1. The zero-order chi connectivity index (χ0) is 21.7. The maximum Gasteiger partial charge on any atom is 0.269 e. The number of hydrogen-bond acceptors (Lipinski definition) is 5. The molecule has 0 fully saturated rings. The molecule has 0 radical (unpaired) electrons. The fourth-order valence-corrected chi connectivity index (χ4v) is 2.84. The second-order valence-corrected chi connectivity index (χ2v) is 7.02. The quantitative estimate of drug-likeness (QED) is 0.408. The number of carbonyl (C=O) groups is 2. The second-order valence-electron chi connectivity index (χ2n) is 7.02. The molecule has 0 aliphatic carbocycles. The summed E-state index contributed by atoms with van der Waals surface area (Å²) in [4.78, 5) is 35.6. The molecular formula is C21H21N5O4. The van der Waals surface area contributed by atoms with Gasteiger partial charge < -0.3 is 10.6 Å². The van der Waals surface area contributed by atoms with E-state index in [4.69, 9.17) is 0 Å². The average molecular weight is 407 g/mol. The Morgan fingerprint density at radius 3 is 2.33 bits per heavy atom. The predicted octanol–water partition coefficient (Wildman–Crippen LogP) is 3.38. The minimum absolute atomic E-state index is 0.0739. The Labute approximate surface area is 172 Å². The molecule has 3 N–H and O–H groups in total. The third-order valence-electron chi connectivity index (χ3n) is 4.47. The van der Waals surface area contributed by atoms with Crippen LogP contribution in [0, 0.1) is 16.0 Å². The molecule has 1 aromatic heterocycles. The molecule has 0 aliphatic heterocycles. The van der Waals surface area contributed by atoms with E-state index >= 15 is 0 Å². The lowest BCUT2D eigenvalue weighted by Crippen LogP contribution is -2.47. The number of nitro benzene ring substituents is 1. The van der Waals surface area contributed by atoms with E-state index in [0.717, 1.165) is 5.56 Å². The van der Waals surface area contributed by atoms with E-state index in [9.17, 15) is 19.7 Å². The molecule has 0 saturated carbocycles. The van der Waals surface area contributed by atoms with Crippen LogP contribution in [0.2, 0.25) is 0 Å². The van der Waals surface area contributed by atoms with E-state index in [0.29, 0.717) is 11.4 Å². The van der Waals surface area contributed by atoms with Crippen LogP contribution in [0.15, 0.2) is 60.7 Å². The first-order chi connectivity index (χ1) is 14.3. The van der Waals surface area contributed by atoms with Gasteiger partial charge in [-0.15, -0.1) is 0 Å². The van der Waals surface area contributed by atoms with Crippen molar-refractivity contribution in [2.24, 2.45) is 5.92 Å². The molecule has 0 bridgehead atoms. The molecule has 154 valence electrons. The van der Waals surface area contributed by atoms with Crippen molar-refractivity contribution in [2.45, 2.75) is 19.9 Å². The Hall–Kier alpha value is -4.01. The van der Waals surface area contributed by atoms with E-state index in [-0.39, 0.29) is 17.3 Å². The third kappa shape index (κ3) is 4.88. The highest BCUT2D eigenvalue weighted by atomic mass is 16.6. The molecule has 30 heavy (non-hydrogen) atoms. The number of nitro groups is 1. The highest BCUT2D eigenvalue weighted by Gasteiger charge is 2.25. The number of nitrogens with one attached hydrogen (secondary N) is 3. The predicted molar refractivity (Wildman–Crippen MR) is 112 cm³/mol. The molecule has 3 aromatic rings. The summed E-state index contributed by atoms with van der Waals surface area (Å²) in [6.45, 7) is 3.62. The molecule has 0 spiro atoms. The van der Waals surface area contributed by atoms with E-state index in [1.54, 1.807) is 6.07 Å². The minimum atomic E-state index is -0.809. The number of benzene rings is 2. The zero-order valence-electron chi connectivity index (χ0n) is 16.5. The summed E-state index contributed by atoms with van der Waals surface area (Å²) in [7, 11) is 0. The normalized spacial score (nSPS) is 11.7. The van der Waals surface area contributed by atoms with Gasteiger partial charge in [0, 0.05) is 23.4 Å². The lowest BCUT2D eigenvalue weighted by molar-refractivity contribution is -0.384. The summed E-state index contributed by atoms with van der Waals surface area (Å²) in [5, 5.41) is 23.0. The van der Waals surface area contributed by atoms with Gasteiger partial charge in [0.05, 0.1) is 10.6 Å². The van der Waals surface area contributed by atoms with Crippen LogP contribution in [0.25, 0.3) is 11.3 Å². The van der Waals surface area contributed by atoms with Crippen LogP contribution in [0.1, 0.15) is 24.3 Å². The van der Waals surface area contributed by atoms with E-state index in [2.05, 4.69) is 20.8 Å². The monoisotopic (exact) mass is 407 g/mol. The summed E-state index contributed by atoms with van der Waals surface area (Å²) < 4.78 is 0. The number of hydrogen-bond donors (Lipinski definition) is 3. The maximum atomic E-state index is 12.7. The van der Waals surface area contributed by atoms with Crippen LogP contribution in [0.5, 0.6) is 0 Å². The van der Waals surface area contributed by atoms with Crippen molar-refractivity contribution in [3.8, 4) is 11.3 Å². The standard InChI is InChI=1S/C21H21N5O4/c1-13(2)19(21(28)22-15-8-10-16(11-9-15)26(29)30)23-20(27)18-12-17(24-25-18)14-6-4-3-5-7-14/h3-13,19H,1-2H3,(H,22,28)(H,23,27)(H,24,25)/t19-/m0/s1. The highest BCUT2D eigenvalue weighted by Crippen LogP contribution is 2.18. The average Bonchev–Trinajstić information content (AvgIpc) is 3.23. The van der Waals surface area contributed by atoms with E-state index in [1.807, 2.05) is 44.2 Å². The number of aromatic amines is 1. The van der Waals surface area contributed by atoms with Crippen LogP contribution in [0.4, 0.5) is 11.4 Å². The van der Waals surface area contributed by atoms with Gasteiger partial charge in [-0.05, 0) is 24.1 Å². The SMILES string of the molecule is CC(C)[C@H](NC(=O)c1cc(-c2ccccc2)n[nH]1)C(=O)Nc1ccc([N+](=O)[O-])cc1. The minimum Gasteiger partial charge on any atom is -0.339 e. The Balaban J connectivity index is 1.69. The number of H-pyrrole nitrogens is 1. The molecule has 1 heterocycles. The molecule has 0 saturated heterocycles.